The molecule has 0 aliphatic carbocycles. The molecular formula is C22H24N6OS. The average Bonchev–Trinajstić information content (AvgIpc) is 3.47. The largest absolute Gasteiger partial charge is 0.396 e. The molecule has 0 unspecified atom stereocenters. The third kappa shape index (κ3) is 3.88. The van der Waals surface area contributed by atoms with Gasteiger partial charge < -0.3 is 15.3 Å². The maximum Gasteiger partial charge on any atom is 0.186 e. The molecule has 1 fully saturated rings. The Kier molecular flexibility index (Phi) is 5.33. The molecule has 0 saturated carbocycles. The first-order valence-electron chi connectivity index (χ1n) is 10.2. The molecule has 1 aromatic carbocycles. The summed E-state index contributed by atoms with van der Waals surface area (Å²) in [5.41, 5.74) is 4.21. The number of thiophene rings is 1. The van der Waals surface area contributed by atoms with Crippen molar-refractivity contribution in [1.82, 2.24) is 19.8 Å². The molecule has 0 bridgehead atoms. The van der Waals surface area contributed by atoms with Gasteiger partial charge in [-0.2, -0.15) is 15.9 Å². The lowest BCUT2D eigenvalue weighted by molar-refractivity contribution is 0.203. The normalized spacial score (nSPS) is 15.0. The Labute approximate surface area is 179 Å². The van der Waals surface area contributed by atoms with Crippen molar-refractivity contribution >= 4 is 28.5 Å². The molecule has 0 amide bonds. The third-order valence-corrected chi connectivity index (χ3v) is 6.37. The third-order valence-electron chi connectivity index (χ3n) is 5.69. The standard InChI is InChI=1S/C22H24N6OS/c29-14-17-7-10-27(11-8-17)19-3-1-16(2-4-19)13-23-20-5-6-21-24-25-22(28(21)26-20)18-9-12-30-15-18/h1-6,9,12,15,17,29H,7-8,10-11,13-14H2,(H,23,26). The summed E-state index contributed by atoms with van der Waals surface area (Å²) in [6.45, 7) is 3.03. The van der Waals surface area contributed by atoms with Crippen LogP contribution in [0.5, 0.6) is 0 Å². The smallest absolute Gasteiger partial charge is 0.186 e. The van der Waals surface area contributed by atoms with Gasteiger partial charge in [0.05, 0.1) is 0 Å². The molecule has 8 heteroatoms. The highest BCUT2D eigenvalue weighted by molar-refractivity contribution is 7.08. The number of hydrogen-bond acceptors (Lipinski definition) is 7. The second-order valence-electron chi connectivity index (χ2n) is 7.66. The molecule has 0 radical (unpaired) electrons. The lowest BCUT2D eigenvalue weighted by atomic mass is 9.97. The molecular weight excluding hydrogens is 396 g/mol. The van der Waals surface area contributed by atoms with Crippen molar-refractivity contribution in [3.8, 4) is 11.4 Å². The Hall–Kier alpha value is -2.97. The van der Waals surface area contributed by atoms with E-state index in [1.54, 1.807) is 15.9 Å². The number of piperidine rings is 1. The van der Waals surface area contributed by atoms with Gasteiger partial charge in [0.1, 0.15) is 5.82 Å². The van der Waals surface area contributed by atoms with Crippen LogP contribution in [-0.4, -0.2) is 44.6 Å². The fourth-order valence-electron chi connectivity index (χ4n) is 3.85. The lowest BCUT2D eigenvalue weighted by Crippen LogP contribution is -2.34. The number of fused-ring (bicyclic) bond motifs is 1. The number of aliphatic hydroxyl groups is 1. The maximum atomic E-state index is 9.31. The number of rotatable bonds is 6. The zero-order chi connectivity index (χ0) is 20.3. The van der Waals surface area contributed by atoms with E-state index in [4.69, 9.17) is 0 Å². The molecule has 0 spiro atoms. The summed E-state index contributed by atoms with van der Waals surface area (Å²) in [5, 5.41) is 29.9. The van der Waals surface area contributed by atoms with E-state index in [9.17, 15) is 5.11 Å². The molecule has 4 aromatic rings. The number of nitrogens with one attached hydrogen (secondary N) is 1. The minimum atomic E-state index is 0.308. The summed E-state index contributed by atoms with van der Waals surface area (Å²) in [5.74, 6) is 2.00. The van der Waals surface area contributed by atoms with Crippen LogP contribution in [0.3, 0.4) is 0 Å². The molecule has 7 nitrogen and oxygen atoms in total. The predicted octanol–water partition coefficient (Wildman–Crippen LogP) is 3.67. The maximum absolute atomic E-state index is 9.31. The van der Waals surface area contributed by atoms with Crippen LogP contribution in [0.2, 0.25) is 0 Å². The van der Waals surface area contributed by atoms with Crippen LogP contribution in [-0.2, 0) is 6.54 Å². The van der Waals surface area contributed by atoms with E-state index in [1.165, 1.54) is 11.3 Å². The predicted molar refractivity (Wildman–Crippen MR) is 120 cm³/mol. The Morgan fingerprint density at radius 2 is 1.87 bits per heavy atom. The summed E-state index contributed by atoms with van der Waals surface area (Å²) >= 11 is 1.63. The number of aromatic nitrogens is 4. The molecule has 154 valence electrons. The van der Waals surface area contributed by atoms with Crippen LogP contribution in [0.25, 0.3) is 17.0 Å². The van der Waals surface area contributed by atoms with Crippen LogP contribution in [0.15, 0.2) is 53.2 Å². The molecule has 30 heavy (non-hydrogen) atoms. The monoisotopic (exact) mass is 420 g/mol. The molecule has 2 N–H and O–H groups in total. The van der Waals surface area contributed by atoms with Gasteiger partial charge in [-0.3, -0.25) is 0 Å². The average molecular weight is 421 g/mol. The zero-order valence-electron chi connectivity index (χ0n) is 16.6. The summed E-state index contributed by atoms with van der Waals surface area (Å²) in [6, 6.07) is 14.6. The Bertz CT molecular complexity index is 1100. The first-order valence-corrected chi connectivity index (χ1v) is 11.2. The molecule has 5 rings (SSSR count). The van der Waals surface area contributed by atoms with Gasteiger partial charge in [-0.25, -0.2) is 0 Å². The quantitative estimate of drug-likeness (QED) is 0.496. The number of benzene rings is 1. The number of anilines is 2. The van der Waals surface area contributed by atoms with Crippen molar-refractivity contribution in [1.29, 1.82) is 0 Å². The second kappa shape index (κ2) is 8.41. The van der Waals surface area contributed by atoms with E-state index in [0.29, 0.717) is 19.1 Å². The molecule has 1 aliphatic rings. The van der Waals surface area contributed by atoms with Crippen molar-refractivity contribution in [2.24, 2.45) is 5.92 Å². The van der Waals surface area contributed by atoms with Gasteiger partial charge in [0, 0.05) is 42.9 Å². The Morgan fingerprint density at radius 3 is 2.60 bits per heavy atom. The number of aliphatic hydroxyl groups excluding tert-OH is 1. The summed E-state index contributed by atoms with van der Waals surface area (Å²) in [7, 11) is 0. The van der Waals surface area contributed by atoms with Crippen LogP contribution in [0, 0.1) is 5.92 Å². The molecule has 1 saturated heterocycles. The van der Waals surface area contributed by atoms with Crippen LogP contribution < -0.4 is 10.2 Å². The van der Waals surface area contributed by atoms with Crippen LogP contribution in [0.4, 0.5) is 11.5 Å². The summed E-state index contributed by atoms with van der Waals surface area (Å²) in [4.78, 5) is 2.40. The van der Waals surface area contributed by atoms with Gasteiger partial charge in [0.15, 0.2) is 11.5 Å². The van der Waals surface area contributed by atoms with E-state index in [-0.39, 0.29) is 0 Å². The van der Waals surface area contributed by atoms with E-state index in [0.717, 1.165) is 48.8 Å². The minimum absolute atomic E-state index is 0.308. The van der Waals surface area contributed by atoms with Gasteiger partial charge in [0.2, 0.25) is 0 Å². The highest BCUT2D eigenvalue weighted by Crippen LogP contribution is 2.24. The van der Waals surface area contributed by atoms with Gasteiger partial charge >= 0.3 is 0 Å². The van der Waals surface area contributed by atoms with E-state index < -0.39 is 0 Å². The van der Waals surface area contributed by atoms with Crippen LogP contribution >= 0.6 is 11.3 Å². The van der Waals surface area contributed by atoms with Gasteiger partial charge in [0.25, 0.3) is 0 Å². The van der Waals surface area contributed by atoms with Crippen molar-refractivity contribution in [2.45, 2.75) is 19.4 Å². The second-order valence-corrected chi connectivity index (χ2v) is 8.44. The number of hydrogen-bond donors (Lipinski definition) is 2. The Balaban J connectivity index is 1.25. The summed E-state index contributed by atoms with van der Waals surface area (Å²) < 4.78 is 1.78. The van der Waals surface area contributed by atoms with Crippen molar-refractivity contribution in [3.05, 3.63) is 58.8 Å². The van der Waals surface area contributed by atoms with E-state index in [1.807, 2.05) is 29.0 Å². The van der Waals surface area contributed by atoms with Crippen molar-refractivity contribution in [2.75, 3.05) is 29.9 Å². The molecule has 0 atom stereocenters. The fourth-order valence-corrected chi connectivity index (χ4v) is 4.48. The highest BCUT2D eigenvalue weighted by atomic mass is 32.1. The fraction of sp³-hybridized carbons (Fsp3) is 0.318. The SMILES string of the molecule is OCC1CCN(c2ccc(CNc3ccc4nnc(-c5ccsc5)n4n3)cc2)CC1. The first kappa shape index (κ1) is 19.0. The molecule has 1 aliphatic heterocycles. The number of nitrogens with zero attached hydrogens (tertiary/aromatic N) is 5. The van der Waals surface area contributed by atoms with Gasteiger partial charge in [-0.05, 0) is 60.0 Å². The van der Waals surface area contributed by atoms with Crippen molar-refractivity contribution in [3.63, 3.8) is 0 Å². The minimum Gasteiger partial charge on any atom is -0.396 e. The lowest BCUT2D eigenvalue weighted by Gasteiger charge is -2.33. The molecule has 3 aromatic heterocycles. The van der Waals surface area contributed by atoms with Gasteiger partial charge in [-0.15, -0.1) is 15.3 Å². The highest BCUT2D eigenvalue weighted by Gasteiger charge is 2.18. The first-order chi connectivity index (χ1) is 14.8. The van der Waals surface area contributed by atoms with E-state index >= 15 is 0 Å². The van der Waals surface area contributed by atoms with Gasteiger partial charge in [-0.1, -0.05) is 12.1 Å². The zero-order valence-corrected chi connectivity index (χ0v) is 17.4. The molecule has 4 heterocycles. The Morgan fingerprint density at radius 1 is 1.03 bits per heavy atom. The van der Waals surface area contributed by atoms with Crippen molar-refractivity contribution < 1.29 is 5.11 Å². The van der Waals surface area contributed by atoms with Crippen LogP contribution in [0.1, 0.15) is 18.4 Å². The topological polar surface area (TPSA) is 78.6 Å². The van der Waals surface area contributed by atoms with E-state index in [2.05, 4.69) is 49.8 Å². The summed E-state index contributed by atoms with van der Waals surface area (Å²) in [6.07, 6.45) is 2.12.